The molecule has 0 bridgehead atoms. The van der Waals surface area contributed by atoms with Crippen LogP contribution in [0.15, 0.2) is 53.8 Å². The maximum absolute atomic E-state index is 12.8. The highest BCUT2D eigenvalue weighted by Crippen LogP contribution is 2.29. The van der Waals surface area contributed by atoms with Crippen molar-refractivity contribution in [1.82, 2.24) is 24.8 Å². The number of aromatic amines is 1. The average molecular weight is 523 g/mol. The Hall–Kier alpha value is -4.32. The average Bonchev–Trinajstić information content (AvgIpc) is 2.90. The molecule has 3 heterocycles. The van der Waals surface area contributed by atoms with Crippen LogP contribution in [0.5, 0.6) is 5.75 Å². The number of nitrogen functional groups attached to an aromatic ring is 1. The zero-order chi connectivity index (χ0) is 26.9. The normalized spacial score (nSPS) is 14.5. The van der Waals surface area contributed by atoms with Gasteiger partial charge in [-0.1, -0.05) is 18.2 Å². The molecule has 0 fully saturated rings. The number of H-pyrrole nitrogens is 1. The number of ether oxygens (including phenoxy) is 1. The van der Waals surface area contributed by atoms with Crippen molar-refractivity contribution >= 4 is 22.7 Å². The molecule has 2 aromatic carbocycles. The standard InChI is InChI=1S/C26H25F3N8O/c1-38-20-4-2-3-19-22(20)35-25(31)36-23(19)34-21(30)8-10-37-9-7-15-5-6-16(11-17(15)14-37)18-12-32-24(33-13-18)26(27,28)29/h2-6,11-13H,7-10,14H2,1H3,(H4,30,31,34,35,36). The van der Waals surface area contributed by atoms with E-state index in [0.717, 1.165) is 24.1 Å². The van der Waals surface area contributed by atoms with Crippen molar-refractivity contribution in [3.8, 4) is 16.9 Å². The molecule has 2 aromatic heterocycles. The molecule has 0 amide bonds. The molecule has 0 radical (unpaired) electrons. The number of nitrogens with zero attached hydrogens (tertiary/aromatic N) is 5. The maximum Gasteiger partial charge on any atom is 0.451 e. The van der Waals surface area contributed by atoms with Crippen molar-refractivity contribution in [2.45, 2.75) is 25.6 Å². The second-order valence-corrected chi connectivity index (χ2v) is 8.94. The quantitative estimate of drug-likeness (QED) is 0.269. The maximum atomic E-state index is 12.8. The van der Waals surface area contributed by atoms with Crippen LogP contribution >= 0.6 is 0 Å². The van der Waals surface area contributed by atoms with E-state index in [-0.39, 0.29) is 11.8 Å². The molecular weight excluding hydrogens is 497 g/mol. The second kappa shape index (κ2) is 10.2. The van der Waals surface area contributed by atoms with E-state index in [0.29, 0.717) is 47.2 Å². The van der Waals surface area contributed by atoms with Gasteiger partial charge in [-0.2, -0.15) is 13.2 Å². The zero-order valence-corrected chi connectivity index (χ0v) is 20.5. The van der Waals surface area contributed by atoms with E-state index in [1.165, 1.54) is 18.0 Å². The lowest BCUT2D eigenvalue weighted by molar-refractivity contribution is -0.144. The summed E-state index contributed by atoms with van der Waals surface area (Å²) in [4.78, 5) is 20.9. The van der Waals surface area contributed by atoms with Crippen LogP contribution in [0.2, 0.25) is 0 Å². The van der Waals surface area contributed by atoms with Crippen LogP contribution in [0.3, 0.4) is 0 Å². The van der Waals surface area contributed by atoms with Crippen LogP contribution in [0.25, 0.3) is 22.0 Å². The van der Waals surface area contributed by atoms with E-state index in [2.05, 4.69) is 29.8 Å². The minimum Gasteiger partial charge on any atom is -0.494 e. The SMILES string of the molecule is COc1cccc2/c(=N/C(=N)CCN3CCc4ccc(-c5cnc(C(F)(F)F)nc5)cc4C3)[nH]c(N)nc12. The van der Waals surface area contributed by atoms with Gasteiger partial charge in [0.15, 0.2) is 5.95 Å². The lowest BCUT2D eigenvalue weighted by Gasteiger charge is -2.29. The summed E-state index contributed by atoms with van der Waals surface area (Å²) in [7, 11) is 1.55. The van der Waals surface area contributed by atoms with E-state index in [9.17, 15) is 13.2 Å². The van der Waals surface area contributed by atoms with E-state index < -0.39 is 12.0 Å². The van der Waals surface area contributed by atoms with Gasteiger partial charge in [0, 0.05) is 49.4 Å². The first-order valence-electron chi connectivity index (χ1n) is 11.9. The first-order chi connectivity index (χ1) is 18.2. The number of nitrogens with two attached hydrogens (primary N) is 1. The van der Waals surface area contributed by atoms with Crippen molar-refractivity contribution in [1.29, 1.82) is 5.41 Å². The number of aromatic nitrogens is 4. The fourth-order valence-corrected chi connectivity index (χ4v) is 4.48. The second-order valence-electron chi connectivity index (χ2n) is 8.94. The number of alkyl halides is 3. The number of fused-ring (bicyclic) bond motifs is 2. The lowest BCUT2D eigenvalue weighted by Crippen LogP contribution is -2.32. The number of para-hydroxylation sites is 1. The van der Waals surface area contributed by atoms with Gasteiger partial charge < -0.3 is 15.5 Å². The molecule has 196 valence electrons. The number of amidine groups is 1. The van der Waals surface area contributed by atoms with Crippen LogP contribution in [-0.4, -0.2) is 50.9 Å². The molecule has 12 heteroatoms. The predicted octanol–water partition coefficient (Wildman–Crippen LogP) is 3.96. The van der Waals surface area contributed by atoms with Crippen LogP contribution < -0.4 is 16.0 Å². The largest absolute Gasteiger partial charge is 0.494 e. The summed E-state index contributed by atoms with van der Waals surface area (Å²) in [6, 6.07) is 11.3. The molecule has 38 heavy (non-hydrogen) atoms. The Labute approximate surface area is 215 Å². The van der Waals surface area contributed by atoms with Crippen LogP contribution in [0.4, 0.5) is 19.1 Å². The summed E-state index contributed by atoms with van der Waals surface area (Å²) in [5.74, 6) is -0.217. The number of anilines is 1. The highest BCUT2D eigenvalue weighted by atomic mass is 19.4. The molecule has 0 saturated heterocycles. The highest BCUT2D eigenvalue weighted by Gasteiger charge is 2.34. The molecule has 5 rings (SSSR count). The summed E-state index contributed by atoms with van der Waals surface area (Å²) >= 11 is 0. The van der Waals surface area contributed by atoms with Gasteiger partial charge in [-0.05, 0) is 41.3 Å². The molecule has 0 aliphatic carbocycles. The monoisotopic (exact) mass is 522 g/mol. The van der Waals surface area contributed by atoms with E-state index in [1.807, 2.05) is 30.3 Å². The first-order valence-corrected chi connectivity index (χ1v) is 11.9. The van der Waals surface area contributed by atoms with Crippen molar-refractivity contribution in [3.05, 3.63) is 71.2 Å². The number of halogens is 3. The van der Waals surface area contributed by atoms with Crippen molar-refractivity contribution in [2.24, 2.45) is 4.99 Å². The van der Waals surface area contributed by atoms with Crippen LogP contribution in [-0.2, 0) is 19.1 Å². The molecule has 0 unspecified atom stereocenters. The van der Waals surface area contributed by atoms with Gasteiger partial charge in [-0.25, -0.2) is 19.9 Å². The van der Waals surface area contributed by atoms with E-state index in [4.69, 9.17) is 15.9 Å². The molecule has 4 aromatic rings. The predicted molar refractivity (Wildman–Crippen MR) is 136 cm³/mol. The van der Waals surface area contributed by atoms with Crippen molar-refractivity contribution in [3.63, 3.8) is 0 Å². The Bertz CT molecular complexity index is 1560. The number of methoxy groups -OCH3 is 1. The Balaban J connectivity index is 1.29. The Morgan fingerprint density at radius 2 is 1.95 bits per heavy atom. The molecule has 0 atom stereocenters. The third-order valence-electron chi connectivity index (χ3n) is 6.40. The number of rotatable bonds is 5. The lowest BCUT2D eigenvalue weighted by atomic mass is 9.95. The minimum absolute atomic E-state index is 0.176. The van der Waals surface area contributed by atoms with Gasteiger partial charge in [0.25, 0.3) is 0 Å². The van der Waals surface area contributed by atoms with Gasteiger partial charge >= 0.3 is 6.18 Å². The number of benzene rings is 2. The Morgan fingerprint density at radius 3 is 2.68 bits per heavy atom. The Morgan fingerprint density at radius 1 is 1.16 bits per heavy atom. The van der Waals surface area contributed by atoms with Gasteiger partial charge in [-0.3, -0.25) is 10.3 Å². The summed E-state index contributed by atoms with van der Waals surface area (Å²) in [6.07, 6.45) is -0.921. The van der Waals surface area contributed by atoms with E-state index >= 15 is 0 Å². The molecule has 1 aliphatic rings. The number of hydrogen-bond acceptors (Lipinski definition) is 7. The smallest absolute Gasteiger partial charge is 0.451 e. The summed E-state index contributed by atoms with van der Waals surface area (Å²) < 4.78 is 43.7. The fraction of sp³-hybridized carbons (Fsp3) is 0.269. The number of hydrogen-bond donors (Lipinski definition) is 3. The van der Waals surface area contributed by atoms with Crippen molar-refractivity contribution < 1.29 is 17.9 Å². The van der Waals surface area contributed by atoms with Gasteiger partial charge in [-0.15, -0.1) is 0 Å². The summed E-state index contributed by atoms with van der Waals surface area (Å²) in [6.45, 7) is 2.11. The molecular formula is C26H25F3N8O. The Kier molecular flexibility index (Phi) is 6.81. The molecule has 1 aliphatic heterocycles. The third kappa shape index (κ3) is 5.35. The first kappa shape index (κ1) is 25.3. The summed E-state index contributed by atoms with van der Waals surface area (Å²) in [5, 5.41) is 9.15. The van der Waals surface area contributed by atoms with Gasteiger partial charge in [0.05, 0.1) is 7.11 Å². The molecule has 0 spiro atoms. The highest BCUT2D eigenvalue weighted by molar-refractivity contribution is 5.86. The van der Waals surface area contributed by atoms with E-state index in [1.54, 1.807) is 13.2 Å². The molecule has 9 nitrogen and oxygen atoms in total. The van der Waals surface area contributed by atoms with Crippen molar-refractivity contribution in [2.75, 3.05) is 25.9 Å². The fourth-order valence-electron chi connectivity index (χ4n) is 4.48. The van der Waals surface area contributed by atoms with Gasteiger partial charge in [0.2, 0.25) is 5.82 Å². The minimum atomic E-state index is -4.57. The topological polar surface area (TPSA) is 129 Å². The third-order valence-corrected chi connectivity index (χ3v) is 6.40. The van der Waals surface area contributed by atoms with Crippen LogP contribution in [0.1, 0.15) is 23.4 Å². The summed E-state index contributed by atoms with van der Waals surface area (Å²) in [5.41, 5.74) is 10.5. The van der Waals surface area contributed by atoms with Crippen LogP contribution in [0, 0.1) is 5.41 Å². The molecule has 4 N–H and O–H groups in total. The van der Waals surface area contributed by atoms with Gasteiger partial charge in [0.1, 0.15) is 22.6 Å². The number of nitrogens with one attached hydrogen (secondary N) is 2. The zero-order valence-electron chi connectivity index (χ0n) is 20.5. The molecule has 0 saturated carbocycles.